The zero-order valence-electron chi connectivity index (χ0n) is 15.9. The molecular formula is C18H23ClFN5O3S. The van der Waals surface area contributed by atoms with Crippen LogP contribution in [0.5, 0.6) is 0 Å². The zero-order valence-corrected chi connectivity index (χ0v) is 17.5. The number of carbonyl (C=O) groups excluding carboxylic acids is 1. The summed E-state index contributed by atoms with van der Waals surface area (Å²) in [6.45, 7) is 0. The Kier molecular flexibility index (Phi) is 6.45. The Morgan fingerprint density at radius 2 is 2.07 bits per heavy atom. The first kappa shape index (κ1) is 21.5. The van der Waals surface area contributed by atoms with E-state index in [-0.39, 0.29) is 22.9 Å². The number of hydrogen-bond acceptors (Lipinski definition) is 5. The van der Waals surface area contributed by atoms with Gasteiger partial charge in [0, 0.05) is 18.8 Å². The van der Waals surface area contributed by atoms with Gasteiger partial charge in [0.05, 0.1) is 29.0 Å². The third-order valence-electron chi connectivity index (χ3n) is 4.97. The molecule has 1 saturated carbocycles. The smallest absolute Gasteiger partial charge is 0.269 e. The van der Waals surface area contributed by atoms with Crippen LogP contribution in [-0.2, 0) is 17.1 Å². The van der Waals surface area contributed by atoms with Crippen molar-refractivity contribution in [1.82, 2.24) is 19.8 Å². The molecular weight excluding hydrogens is 421 g/mol. The highest BCUT2D eigenvalue weighted by atomic mass is 35.5. The summed E-state index contributed by atoms with van der Waals surface area (Å²) in [6, 6.07) is 1.20. The summed E-state index contributed by atoms with van der Waals surface area (Å²) in [7, 11) is -2.01. The molecule has 29 heavy (non-hydrogen) atoms. The van der Waals surface area contributed by atoms with E-state index >= 15 is 0 Å². The largest absolute Gasteiger partial charge is 0.397 e. The molecule has 1 fully saturated rings. The molecule has 1 aromatic carbocycles. The molecule has 158 valence electrons. The Labute approximate surface area is 173 Å². The van der Waals surface area contributed by atoms with Gasteiger partial charge in [0.1, 0.15) is 5.02 Å². The molecule has 0 unspecified atom stereocenters. The van der Waals surface area contributed by atoms with Gasteiger partial charge in [-0.1, -0.05) is 30.9 Å². The van der Waals surface area contributed by atoms with Gasteiger partial charge in [-0.2, -0.15) is 0 Å². The van der Waals surface area contributed by atoms with E-state index in [9.17, 15) is 17.6 Å². The van der Waals surface area contributed by atoms with Crippen LogP contribution in [0.4, 0.5) is 10.1 Å². The van der Waals surface area contributed by atoms with Crippen molar-refractivity contribution >= 4 is 33.2 Å². The fourth-order valence-corrected chi connectivity index (χ4v) is 4.96. The number of aryl methyl sites for hydroxylation is 1. The van der Waals surface area contributed by atoms with Crippen LogP contribution in [0.1, 0.15) is 42.5 Å². The number of aromatic nitrogens is 2. The predicted octanol–water partition coefficient (Wildman–Crippen LogP) is 2.61. The van der Waals surface area contributed by atoms with Crippen molar-refractivity contribution in [3.8, 4) is 11.3 Å². The molecule has 1 aromatic heterocycles. The fourth-order valence-electron chi connectivity index (χ4n) is 3.47. The molecule has 3 rings (SSSR count). The van der Waals surface area contributed by atoms with Crippen molar-refractivity contribution in [3.63, 3.8) is 0 Å². The number of halogens is 2. The lowest BCUT2D eigenvalue weighted by molar-refractivity contribution is 0.0941. The molecule has 2 aromatic rings. The van der Waals surface area contributed by atoms with Gasteiger partial charge in [0.2, 0.25) is 10.0 Å². The number of rotatable bonds is 6. The summed E-state index contributed by atoms with van der Waals surface area (Å²) in [4.78, 5) is 18.6. The normalized spacial score (nSPS) is 15.4. The molecule has 11 heteroatoms. The number of carbonyl (C=O) groups is 1. The minimum atomic E-state index is -3.75. The van der Waals surface area contributed by atoms with E-state index in [1.165, 1.54) is 12.4 Å². The number of hydrazine groups is 1. The maximum Gasteiger partial charge on any atom is 0.269 e. The number of amides is 1. The molecule has 0 radical (unpaired) electrons. The molecule has 0 aliphatic heterocycles. The van der Waals surface area contributed by atoms with Crippen LogP contribution in [0.3, 0.4) is 0 Å². The van der Waals surface area contributed by atoms with E-state index in [0.717, 1.165) is 32.1 Å². The number of nitrogen functional groups attached to an aromatic ring is 1. The minimum absolute atomic E-state index is 0.0524. The molecule has 0 saturated heterocycles. The van der Waals surface area contributed by atoms with Crippen molar-refractivity contribution in [3.05, 3.63) is 35.0 Å². The van der Waals surface area contributed by atoms with Gasteiger partial charge in [-0.15, -0.1) is 4.83 Å². The van der Waals surface area contributed by atoms with Crippen LogP contribution in [0.25, 0.3) is 11.3 Å². The number of hydrogen-bond donors (Lipinski definition) is 3. The lowest BCUT2D eigenvalue weighted by atomic mass is 9.91. The zero-order chi connectivity index (χ0) is 21.2. The van der Waals surface area contributed by atoms with E-state index in [0.29, 0.717) is 5.69 Å². The Morgan fingerprint density at radius 3 is 2.69 bits per heavy atom. The maximum atomic E-state index is 14.5. The van der Waals surface area contributed by atoms with Crippen LogP contribution >= 0.6 is 11.6 Å². The van der Waals surface area contributed by atoms with Crippen molar-refractivity contribution in [1.29, 1.82) is 0 Å². The number of nitrogens with one attached hydrogen (secondary N) is 2. The predicted molar refractivity (Wildman–Crippen MR) is 109 cm³/mol. The van der Waals surface area contributed by atoms with Gasteiger partial charge >= 0.3 is 0 Å². The van der Waals surface area contributed by atoms with Gasteiger partial charge in [0.15, 0.2) is 5.82 Å². The topological polar surface area (TPSA) is 119 Å². The van der Waals surface area contributed by atoms with E-state index in [2.05, 4.69) is 10.4 Å². The summed E-state index contributed by atoms with van der Waals surface area (Å²) in [5.74, 6) is -2.05. The van der Waals surface area contributed by atoms with E-state index < -0.39 is 32.3 Å². The summed E-state index contributed by atoms with van der Waals surface area (Å²) in [6.07, 6.45) is 7.93. The second kappa shape index (κ2) is 8.68. The molecule has 4 N–H and O–H groups in total. The number of anilines is 1. The molecule has 0 atom stereocenters. The first-order chi connectivity index (χ1) is 13.7. The highest BCUT2D eigenvalue weighted by Gasteiger charge is 2.24. The lowest BCUT2D eigenvalue weighted by Gasteiger charge is -2.21. The third-order valence-corrected chi connectivity index (χ3v) is 6.66. The van der Waals surface area contributed by atoms with Crippen molar-refractivity contribution in [2.75, 3.05) is 11.5 Å². The van der Waals surface area contributed by atoms with Gasteiger partial charge in [-0.05, 0) is 24.8 Å². The van der Waals surface area contributed by atoms with Crippen molar-refractivity contribution in [2.45, 2.75) is 32.1 Å². The fraction of sp³-hybridized carbons (Fsp3) is 0.444. The molecule has 1 aliphatic carbocycles. The number of sulfonamides is 1. The van der Waals surface area contributed by atoms with Crippen molar-refractivity contribution in [2.24, 2.45) is 13.0 Å². The highest BCUT2D eigenvalue weighted by molar-refractivity contribution is 7.89. The molecule has 1 aliphatic rings. The summed E-state index contributed by atoms with van der Waals surface area (Å²) in [5.41, 5.74) is 8.11. The first-order valence-corrected chi connectivity index (χ1v) is 11.3. The van der Waals surface area contributed by atoms with Crippen molar-refractivity contribution < 1.29 is 17.6 Å². The van der Waals surface area contributed by atoms with Gasteiger partial charge in [-0.25, -0.2) is 17.8 Å². The van der Waals surface area contributed by atoms with Crippen LogP contribution in [0, 0.1) is 11.7 Å². The van der Waals surface area contributed by atoms with E-state index in [1.54, 1.807) is 17.8 Å². The monoisotopic (exact) mass is 443 g/mol. The van der Waals surface area contributed by atoms with Crippen LogP contribution < -0.4 is 16.0 Å². The Hall–Kier alpha value is -2.17. The summed E-state index contributed by atoms with van der Waals surface area (Å²) >= 11 is 5.95. The van der Waals surface area contributed by atoms with Crippen LogP contribution in [0.2, 0.25) is 5.02 Å². The number of imidazole rings is 1. The van der Waals surface area contributed by atoms with Gasteiger partial charge < -0.3 is 10.3 Å². The number of benzene rings is 1. The molecule has 1 heterocycles. The van der Waals surface area contributed by atoms with E-state index in [4.69, 9.17) is 17.3 Å². The first-order valence-electron chi connectivity index (χ1n) is 9.23. The highest BCUT2D eigenvalue weighted by Crippen LogP contribution is 2.35. The van der Waals surface area contributed by atoms with Crippen LogP contribution in [-0.4, -0.2) is 29.6 Å². The molecule has 0 bridgehead atoms. The minimum Gasteiger partial charge on any atom is -0.397 e. The lowest BCUT2D eigenvalue weighted by Crippen LogP contribution is -2.44. The number of nitrogens with zero attached hydrogens (tertiary/aromatic N) is 2. The third kappa shape index (κ3) is 5.06. The average molecular weight is 444 g/mol. The SMILES string of the molecule is Cn1cnc(-c2cc(C(=O)NNS(=O)(=O)CC3CCCCC3)c(F)c(Cl)c2N)c1. The summed E-state index contributed by atoms with van der Waals surface area (Å²) < 4.78 is 40.7. The Balaban J connectivity index is 1.77. The molecule has 8 nitrogen and oxygen atoms in total. The molecule has 1 amide bonds. The molecule has 0 spiro atoms. The van der Waals surface area contributed by atoms with Gasteiger partial charge in [-0.3, -0.25) is 10.2 Å². The standard InChI is InChI=1S/C18H23ClFN5O3S/c1-25-8-14(22-10-25)12-7-13(16(20)15(19)17(12)21)18(26)23-24-29(27,28)9-11-5-3-2-4-6-11/h7-8,10-11,24H,2-6,9,21H2,1H3,(H,23,26). The maximum absolute atomic E-state index is 14.5. The van der Waals surface area contributed by atoms with E-state index in [1.807, 2.05) is 4.83 Å². The average Bonchev–Trinajstić information content (AvgIpc) is 3.11. The number of nitrogens with two attached hydrogens (primary N) is 1. The second-order valence-corrected chi connectivity index (χ2v) is 9.42. The summed E-state index contributed by atoms with van der Waals surface area (Å²) in [5, 5.41) is -0.427. The van der Waals surface area contributed by atoms with Gasteiger partial charge in [0.25, 0.3) is 5.91 Å². The second-order valence-electron chi connectivity index (χ2n) is 7.28. The van der Waals surface area contributed by atoms with Crippen LogP contribution in [0.15, 0.2) is 18.6 Å². The Bertz CT molecular complexity index is 1020. The Morgan fingerprint density at radius 1 is 1.38 bits per heavy atom. The quantitative estimate of drug-likeness (QED) is 0.468.